The van der Waals surface area contributed by atoms with Gasteiger partial charge in [0.15, 0.2) is 0 Å². The van der Waals surface area contributed by atoms with Gasteiger partial charge >= 0.3 is 5.97 Å². The molecule has 0 aliphatic carbocycles. The number of esters is 1. The van der Waals surface area contributed by atoms with E-state index < -0.39 is 0 Å². The van der Waals surface area contributed by atoms with Crippen LogP contribution in [-0.4, -0.2) is 13.1 Å². The van der Waals surface area contributed by atoms with Gasteiger partial charge in [0.1, 0.15) is 0 Å². The van der Waals surface area contributed by atoms with Crippen molar-refractivity contribution in [2.24, 2.45) is 0 Å². The maximum absolute atomic E-state index is 11.4. The summed E-state index contributed by atoms with van der Waals surface area (Å²) in [4.78, 5) is 12.6. The third-order valence-electron chi connectivity index (χ3n) is 2.81. The van der Waals surface area contributed by atoms with Crippen LogP contribution in [0.25, 0.3) is 0 Å². The van der Waals surface area contributed by atoms with Crippen molar-refractivity contribution in [2.75, 3.05) is 18.2 Å². The fourth-order valence-corrected chi connectivity index (χ4v) is 2.52. The highest BCUT2D eigenvalue weighted by molar-refractivity contribution is 7.10. The lowest BCUT2D eigenvalue weighted by Gasteiger charge is -2.16. The quantitative estimate of drug-likeness (QED) is 0.664. The average molecular weight is 276 g/mol. The Morgan fingerprint density at radius 2 is 2.21 bits per heavy atom. The number of nitrogen functional groups attached to an aromatic ring is 1. The van der Waals surface area contributed by atoms with Crippen LogP contribution in [0.5, 0.6) is 0 Å². The predicted molar refractivity (Wildman–Crippen MR) is 78.6 cm³/mol. The Bertz CT molecular complexity index is 567. The molecule has 0 spiro atoms. The van der Waals surface area contributed by atoms with Gasteiger partial charge in [-0.05, 0) is 36.6 Å². The highest BCUT2D eigenvalue weighted by Gasteiger charge is 2.11. The second kappa shape index (κ2) is 5.75. The summed E-state index contributed by atoms with van der Waals surface area (Å²) in [5, 5.41) is 5.37. The minimum absolute atomic E-state index is 0.172. The van der Waals surface area contributed by atoms with Crippen LogP contribution in [0, 0.1) is 0 Å². The van der Waals surface area contributed by atoms with Crippen molar-refractivity contribution in [1.82, 2.24) is 0 Å². The van der Waals surface area contributed by atoms with Gasteiger partial charge in [0.25, 0.3) is 0 Å². The number of anilines is 2. The summed E-state index contributed by atoms with van der Waals surface area (Å²) in [6.07, 6.45) is 0. The lowest BCUT2D eigenvalue weighted by Crippen LogP contribution is -2.08. The summed E-state index contributed by atoms with van der Waals surface area (Å²) in [5.41, 5.74) is 7.75. The van der Waals surface area contributed by atoms with E-state index in [2.05, 4.69) is 23.0 Å². The third kappa shape index (κ3) is 3.06. The Morgan fingerprint density at radius 3 is 2.79 bits per heavy atom. The minimum atomic E-state index is -0.385. The molecule has 4 nitrogen and oxygen atoms in total. The fourth-order valence-electron chi connectivity index (χ4n) is 1.78. The summed E-state index contributed by atoms with van der Waals surface area (Å²) >= 11 is 1.69. The van der Waals surface area contributed by atoms with E-state index in [0.717, 1.165) is 5.69 Å². The largest absolute Gasteiger partial charge is 0.465 e. The minimum Gasteiger partial charge on any atom is -0.465 e. The van der Waals surface area contributed by atoms with E-state index >= 15 is 0 Å². The second-order valence-electron chi connectivity index (χ2n) is 4.18. The van der Waals surface area contributed by atoms with Gasteiger partial charge in [0.2, 0.25) is 0 Å². The average Bonchev–Trinajstić information content (AvgIpc) is 2.94. The van der Waals surface area contributed by atoms with Crippen molar-refractivity contribution in [3.63, 3.8) is 0 Å². The van der Waals surface area contributed by atoms with E-state index in [9.17, 15) is 4.79 Å². The number of methoxy groups -OCH3 is 1. The molecular formula is C14H16N2O2S. The number of thiophene rings is 1. The Labute approximate surface area is 116 Å². The molecule has 19 heavy (non-hydrogen) atoms. The molecule has 0 fully saturated rings. The lowest BCUT2D eigenvalue weighted by molar-refractivity contribution is 0.0601. The first-order valence-electron chi connectivity index (χ1n) is 5.89. The van der Waals surface area contributed by atoms with Gasteiger partial charge in [-0.15, -0.1) is 11.3 Å². The molecule has 2 aromatic rings. The van der Waals surface area contributed by atoms with Crippen LogP contribution in [0.4, 0.5) is 11.4 Å². The molecule has 0 saturated heterocycles. The van der Waals surface area contributed by atoms with Crippen molar-refractivity contribution in [3.8, 4) is 0 Å². The molecule has 1 aromatic carbocycles. The number of carbonyl (C=O) groups is 1. The van der Waals surface area contributed by atoms with Crippen molar-refractivity contribution in [1.29, 1.82) is 0 Å². The van der Waals surface area contributed by atoms with Crippen molar-refractivity contribution < 1.29 is 9.53 Å². The van der Waals surface area contributed by atoms with Crippen molar-refractivity contribution >= 4 is 28.7 Å². The molecule has 0 saturated carbocycles. The number of benzene rings is 1. The fraction of sp³-hybridized carbons (Fsp3) is 0.214. The van der Waals surface area contributed by atoms with Gasteiger partial charge < -0.3 is 15.8 Å². The van der Waals surface area contributed by atoms with Crippen LogP contribution in [-0.2, 0) is 4.74 Å². The molecule has 0 bridgehead atoms. The number of carbonyl (C=O) groups excluding carboxylic acids is 1. The monoisotopic (exact) mass is 276 g/mol. The van der Waals surface area contributed by atoms with Crippen LogP contribution in [0.2, 0.25) is 0 Å². The number of nitrogens with two attached hydrogens (primary N) is 1. The number of nitrogens with one attached hydrogen (secondary N) is 1. The molecule has 0 amide bonds. The molecule has 1 unspecified atom stereocenters. The molecule has 1 aromatic heterocycles. The van der Waals surface area contributed by atoms with Gasteiger partial charge in [0, 0.05) is 4.88 Å². The lowest BCUT2D eigenvalue weighted by atomic mass is 10.1. The number of rotatable bonds is 4. The highest BCUT2D eigenvalue weighted by Crippen LogP contribution is 2.27. The Hall–Kier alpha value is -2.01. The number of hydrogen-bond acceptors (Lipinski definition) is 5. The molecule has 5 heteroatoms. The van der Waals surface area contributed by atoms with Gasteiger partial charge in [-0.1, -0.05) is 6.07 Å². The molecule has 2 rings (SSSR count). The standard InChI is InChI=1S/C14H16N2O2S/c1-9(13-4-3-7-19-13)16-12-6-5-10(8-11(12)15)14(17)18-2/h3-9,16H,15H2,1-2H3. The highest BCUT2D eigenvalue weighted by atomic mass is 32.1. The summed E-state index contributed by atoms with van der Waals surface area (Å²) in [6.45, 7) is 2.07. The summed E-state index contributed by atoms with van der Waals surface area (Å²) in [5.74, 6) is -0.385. The van der Waals surface area contributed by atoms with E-state index in [-0.39, 0.29) is 12.0 Å². The zero-order valence-corrected chi connectivity index (χ0v) is 11.7. The Morgan fingerprint density at radius 1 is 1.42 bits per heavy atom. The molecule has 0 radical (unpaired) electrons. The van der Waals surface area contributed by atoms with Crippen LogP contribution >= 0.6 is 11.3 Å². The normalized spacial score (nSPS) is 11.9. The number of ether oxygens (including phenoxy) is 1. The Kier molecular flexibility index (Phi) is 4.06. The molecule has 1 heterocycles. The smallest absolute Gasteiger partial charge is 0.337 e. The van der Waals surface area contributed by atoms with Gasteiger partial charge in [-0.3, -0.25) is 0 Å². The first-order chi connectivity index (χ1) is 9.11. The SMILES string of the molecule is COC(=O)c1ccc(NC(C)c2cccs2)c(N)c1. The topological polar surface area (TPSA) is 64.3 Å². The zero-order valence-electron chi connectivity index (χ0n) is 10.8. The van der Waals surface area contributed by atoms with Crippen LogP contribution in [0.1, 0.15) is 28.2 Å². The van der Waals surface area contributed by atoms with Gasteiger partial charge in [0.05, 0.1) is 30.1 Å². The summed E-state index contributed by atoms with van der Waals surface area (Å²) in [7, 11) is 1.35. The maximum atomic E-state index is 11.4. The van der Waals surface area contributed by atoms with Crippen LogP contribution in [0.3, 0.4) is 0 Å². The van der Waals surface area contributed by atoms with Gasteiger partial charge in [-0.25, -0.2) is 4.79 Å². The molecule has 0 aliphatic heterocycles. The van der Waals surface area contributed by atoms with Crippen molar-refractivity contribution in [2.45, 2.75) is 13.0 Å². The summed E-state index contributed by atoms with van der Waals surface area (Å²) < 4.78 is 4.66. The Balaban J connectivity index is 2.15. The molecule has 0 aliphatic rings. The molecule has 3 N–H and O–H groups in total. The van der Waals surface area contributed by atoms with E-state index in [1.54, 1.807) is 29.5 Å². The number of hydrogen-bond donors (Lipinski definition) is 2. The zero-order chi connectivity index (χ0) is 13.8. The third-order valence-corrected chi connectivity index (χ3v) is 3.87. The van der Waals surface area contributed by atoms with Crippen LogP contribution < -0.4 is 11.1 Å². The first kappa shape index (κ1) is 13.4. The molecule has 1 atom stereocenters. The van der Waals surface area contributed by atoms with E-state index in [0.29, 0.717) is 11.3 Å². The second-order valence-corrected chi connectivity index (χ2v) is 5.15. The van der Waals surface area contributed by atoms with Crippen LogP contribution in [0.15, 0.2) is 35.7 Å². The predicted octanol–water partition coefficient (Wildman–Crippen LogP) is 3.29. The maximum Gasteiger partial charge on any atom is 0.337 e. The first-order valence-corrected chi connectivity index (χ1v) is 6.77. The van der Waals surface area contributed by atoms with Gasteiger partial charge in [-0.2, -0.15) is 0 Å². The summed E-state index contributed by atoms with van der Waals surface area (Å²) in [6, 6.07) is 9.38. The van der Waals surface area contributed by atoms with E-state index in [4.69, 9.17) is 5.73 Å². The van der Waals surface area contributed by atoms with Crippen molar-refractivity contribution in [3.05, 3.63) is 46.2 Å². The van der Waals surface area contributed by atoms with E-state index in [1.165, 1.54) is 12.0 Å². The van der Waals surface area contributed by atoms with E-state index in [1.807, 2.05) is 11.4 Å². The molecular weight excluding hydrogens is 260 g/mol. The molecule has 100 valence electrons.